The van der Waals surface area contributed by atoms with Crippen LogP contribution in [0.15, 0.2) is 28.2 Å². The first-order valence-corrected chi connectivity index (χ1v) is 7.61. The topological polar surface area (TPSA) is 99.8 Å². The summed E-state index contributed by atoms with van der Waals surface area (Å²) < 4.78 is 30.8. The zero-order chi connectivity index (χ0) is 16.0. The minimum Gasteiger partial charge on any atom is -0.383 e. The fourth-order valence-electron chi connectivity index (χ4n) is 1.51. The van der Waals surface area contributed by atoms with Crippen LogP contribution in [0.3, 0.4) is 0 Å². The number of rotatable bonds is 7. The lowest BCUT2D eigenvalue weighted by Gasteiger charge is -2.22. The molecule has 0 fully saturated rings. The maximum Gasteiger partial charge on any atom is 0.248 e. The van der Waals surface area contributed by atoms with Gasteiger partial charge in [-0.25, -0.2) is 8.42 Å². The lowest BCUT2D eigenvalue weighted by molar-refractivity contribution is -0.128. The summed E-state index contributed by atoms with van der Waals surface area (Å²) >= 11 is 0. The third-order valence-corrected chi connectivity index (χ3v) is 4.63. The molecule has 1 aromatic rings. The van der Waals surface area contributed by atoms with E-state index in [2.05, 4.69) is 4.98 Å². The number of methoxy groups -OCH3 is 1. The van der Waals surface area contributed by atoms with E-state index < -0.39 is 20.3 Å². The Kier molecular flexibility index (Phi) is 6.06. The third kappa shape index (κ3) is 4.38. The van der Waals surface area contributed by atoms with Gasteiger partial charge in [-0.2, -0.15) is 4.31 Å². The maximum atomic E-state index is 12.5. The summed E-state index contributed by atoms with van der Waals surface area (Å²) in [7, 11) is 0.407. The number of amides is 1. The average Bonchev–Trinajstić information content (AvgIpc) is 2.43. The Bertz CT molecular complexity index is 638. The number of likely N-dealkylation sites (N-methyl/N-ethyl adjacent to an activating group) is 1. The normalized spacial score (nSPS) is 11.6. The molecule has 0 radical (unpaired) electrons. The zero-order valence-electron chi connectivity index (χ0n) is 12.2. The molecule has 1 N–H and O–H groups in total. The number of hydrogen-bond acceptors (Lipinski definition) is 5. The van der Waals surface area contributed by atoms with Crippen LogP contribution in [0.25, 0.3) is 0 Å². The van der Waals surface area contributed by atoms with Crippen LogP contribution in [0.1, 0.15) is 0 Å². The van der Waals surface area contributed by atoms with Crippen molar-refractivity contribution in [2.45, 2.75) is 4.90 Å². The second kappa shape index (κ2) is 7.34. The molecule has 0 aromatic carbocycles. The highest BCUT2D eigenvalue weighted by Gasteiger charge is 2.28. The summed E-state index contributed by atoms with van der Waals surface area (Å²) in [5.74, 6) is -0.387. The number of nitrogens with one attached hydrogen (secondary N) is 1. The highest BCUT2D eigenvalue weighted by atomic mass is 32.2. The Morgan fingerprint density at radius 2 is 2.05 bits per heavy atom. The molecule has 118 valence electrons. The molecule has 0 saturated carbocycles. The van der Waals surface area contributed by atoms with Crippen molar-refractivity contribution in [3.63, 3.8) is 0 Å². The van der Waals surface area contributed by atoms with Gasteiger partial charge in [0.2, 0.25) is 21.4 Å². The van der Waals surface area contributed by atoms with Crippen LogP contribution in [0, 0.1) is 0 Å². The van der Waals surface area contributed by atoms with Gasteiger partial charge in [0, 0.05) is 46.2 Å². The quantitative estimate of drug-likeness (QED) is 0.702. The first-order chi connectivity index (χ1) is 9.80. The van der Waals surface area contributed by atoms with E-state index in [0.717, 1.165) is 16.6 Å². The van der Waals surface area contributed by atoms with Gasteiger partial charge >= 0.3 is 0 Å². The first-order valence-electron chi connectivity index (χ1n) is 6.17. The Labute approximate surface area is 123 Å². The van der Waals surface area contributed by atoms with Crippen LogP contribution in [0.5, 0.6) is 0 Å². The number of sulfonamides is 1. The number of hydrogen-bond donors (Lipinski definition) is 1. The molecule has 0 spiro atoms. The maximum absolute atomic E-state index is 12.5. The predicted octanol–water partition coefficient (Wildman–Crippen LogP) is -0.900. The number of aromatic amines is 1. The Morgan fingerprint density at radius 3 is 2.57 bits per heavy atom. The predicted molar refractivity (Wildman–Crippen MR) is 76.4 cm³/mol. The van der Waals surface area contributed by atoms with Crippen LogP contribution in [-0.2, 0) is 19.6 Å². The minimum absolute atomic E-state index is 0.0211. The third-order valence-electron chi connectivity index (χ3n) is 2.76. The van der Waals surface area contributed by atoms with Gasteiger partial charge in [-0.05, 0) is 0 Å². The van der Waals surface area contributed by atoms with Crippen molar-refractivity contribution in [1.82, 2.24) is 14.2 Å². The molecular formula is C12H19N3O5S. The van der Waals surface area contributed by atoms with E-state index in [4.69, 9.17) is 4.74 Å². The molecule has 0 unspecified atom stereocenters. The minimum atomic E-state index is -4.07. The molecule has 0 aliphatic rings. The van der Waals surface area contributed by atoms with Gasteiger partial charge in [0.05, 0.1) is 13.2 Å². The van der Waals surface area contributed by atoms with Gasteiger partial charge in [0.25, 0.3) is 0 Å². The molecule has 0 saturated heterocycles. The summed E-state index contributed by atoms with van der Waals surface area (Å²) in [4.78, 5) is 26.9. The summed E-state index contributed by atoms with van der Waals surface area (Å²) in [6.07, 6.45) is 2.45. The molecule has 8 nitrogen and oxygen atoms in total. The average molecular weight is 317 g/mol. The monoisotopic (exact) mass is 317 g/mol. The van der Waals surface area contributed by atoms with Gasteiger partial charge in [-0.15, -0.1) is 0 Å². The Morgan fingerprint density at radius 1 is 1.38 bits per heavy atom. The van der Waals surface area contributed by atoms with E-state index >= 15 is 0 Å². The van der Waals surface area contributed by atoms with E-state index in [9.17, 15) is 18.0 Å². The van der Waals surface area contributed by atoms with Crippen molar-refractivity contribution in [1.29, 1.82) is 0 Å². The lowest BCUT2D eigenvalue weighted by Crippen LogP contribution is -2.43. The molecule has 0 bridgehead atoms. The molecule has 0 atom stereocenters. The van der Waals surface area contributed by atoms with Crippen molar-refractivity contribution < 1.29 is 17.9 Å². The van der Waals surface area contributed by atoms with Crippen molar-refractivity contribution >= 4 is 15.9 Å². The zero-order valence-corrected chi connectivity index (χ0v) is 13.0. The van der Waals surface area contributed by atoms with E-state index in [-0.39, 0.29) is 25.6 Å². The Balaban J connectivity index is 3.15. The molecule has 1 heterocycles. The standard InChI is InChI=1S/C12H19N3O5S/c1-14(2)12(17)9-15(6-7-20-3)21(18,19)11-8-13-5-4-10(11)16/h4-5,8H,6-7,9H2,1-3H3,(H,13,16). The number of carbonyl (C=O) groups excluding carboxylic acids is 1. The van der Waals surface area contributed by atoms with Gasteiger partial charge in [0.1, 0.15) is 4.90 Å². The first kappa shape index (κ1) is 17.3. The highest BCUT2D eigenvalue weighted by molar-refractivity contribution is 7.89. The number of carbonyl (C=O) groups is 1. The second-order valence-electron chi connectivity index (χ2n) is 4.49. The van der Waals surface area contributed by atoms with Crippen LogP contribution >= 0.6 is 0 Å². The summed E-state index contributed by atoms with van der Waals surface area (Å²) in [5.41, 5.74) is -0.631. The van der Waals surface area contributed by atoms with E-state index in [1.807, 2.05) is 0 Å². The van der Waals surface area contributed by atoms with Crippen molar-refractivity contribution in [2.24, 2.45) is 0 Å². The number of aromatic nitrogens is 1. The van der Waals surface area contributed by atoms with E-state index in [1.54, 1.807) is 0 Å². The number of nitrogens with zero attached hydrogens (tertiary/aromatic N) is 2. The molecule has 1 aromatic heterocycles. The largest absolute Gasteiger partial charge is 0.383 e. The summed E-state index contributed by atoms with van der Waals surface area (Å²) in [5, 5.41) is 0. The molecule has 0 aliphatic heterocycles. The van der Waals surface area contributed by atoms with Crippen molar-refractivity contribution in [2.75, 3.05) is 40.9 Å². The van der Waals surface area contributed by atoms with Crippen molar-refractivity contribution in [3.05, 3.63) is 28.7 Å². The lowest BCUT2D eigenvalue weighted by atomic mass is 10.5. The summed E-state index contributed by atoms with van der Waals surface area (Å²) in [6.45, 7) is -0.259. The molecular weight excluding hydrogens is 298 g/mol. The van der Waals surface area contributed by atoms with Crippen LogP contribution < -0.4 is 5.43 Å². The van der Waals surface area contributed by atoms with Crippen LogP contribution in [0.4, 0.5) is 0 Å². The second-order valence-corrected chi connectivity index (χ2v) is 6.40. The van der Waals surface area contributed by atoms with Gasteiger partial charge in [0.15, 0.2) is 0 Å². The summed E-state index contributed by atoms with van der Waals surface area (Å²) in [6, 6.07) is 1.12. The molecule has 1 rings (SSSR count). The highest BCUT2D eigenvalue weighted by Crippen LogP contribution is 2.10. The fourth-order valence-corrected chi connectivity index (χ4v) is 2.92. The SMILES string of the molecule is COCCN(CC(=O)N(C)C)S(=O)(=O)c1c[nH]ccc1=O. The van der Waals surface area contributed by atoms with Crippen molar-refractivity contribution in [3.8, 4) is 0 Å². The van der Waals surface area contributed by atoms with E-state index in [0.29, 0.717) is 0 Å². The smallest absolute Gasteiger partial charge is 0.248 e. The van der Waals surface area contributed by atoms with Crippen LogP contribution in [-0.4, -0.2) is 69.4 Å². The molecule has 21 heavy (non-hydrogen) atoms. The number of pyridine rings is 1. The molecule has 9 heteroatoms. The fraction of sp³-hybridized carbons (Fsp3) is 0.500. The Hall–Kier alpha value is -1.71. The number of ether oxygens (including phenoxy) is 1. The van der Waals surface area contributed by atoms with Gasteiger partial charge in [-0.1, -0.05) is 0 Å². The van der Waals surface area contributed by atoms with E-state index in [1.165, 1.54) is 32.3 Å². The number of H-pyrrole nitrogens is 1. The van der Waals surface area contributed by atoms with Crippen LogP contribution in [0.2, 0.25) is 0 Å². The van der Waals surface area contributed by atoms with Gasteiger partial charge in [-0.3, -0.25) is 9.59 Å². The molecule has 1 amide bonds. The van der Waals surface area contributed by atoms with Gasteiger partial charge < -0.3 is 14.6 Å². The molecule has 0 aliphatic carbocycles.